The molecule has 0 spiro atoms. The number of anilines is 1. The van der Waals surface area contributed by atoms with E-state index in [1.165, 1.54) is 4.90 Å². The second-order valence-corrected chi connectivity index (χ2v) is 10.3. The number of para-hydroxylation sites is 1. The SMILES string of the molecule is CCOc1ccc(N(C(=O)Cn2nnc3ccccc32)[C@H](C(=O)NC2CCCCC2)c2ccc(OC)c(OC)c2)cc1. The third-order valence-electron chi connectivity index (χ3n) is 7.58. The minimum atomic E-state index is -0.994. The molecule has 220 valence electrons. The van der Waals surface area contributed by atoms with Crippen LogP contribution in [-0.4, -0.2) is 53.7 Å². The first-order valence-electron chi connectivity index (χ1n) is 14.4. The van der Waals surface area contributed by atoms with Gasteiger partial charge in [-0.25, -0.2) is 4.68 Å². The fourth-order valence-corrected chi connectivity index (χ4v) is 5.51. The zero-order chi connectivity index (χ0) is 29.5. The first kappa shape index (κ1) is 28.9. The van der Waals surface area contributed by atoms with Crippen LogP contribution in [0, 0.1) is 0 Å². The number of hydrogen-bond acceptors (Lipinski definition) is 7. The number of ether oxygens (including phenoxy) is 3. The number of rotatable bonds is 11. The van der Waals surface area contributed by atoms with Crippen LogP contribution in [0.1, 0.15) is 50.6 Å². The maximum Gasteiger partial charge on any atom is 0.249 e. The molecule has 0 bridgehead atoms. The zero-order valence-corrected chi connectivity index (χ0v) is 24.3. The molecule has 10 nitrogen and oxygen atoms in total. The standard InChI is InChI=1S/C32H37N5O5/c1-4-42-25-17-15-24(16-18-25)37(30(38)21-36-27-13-9-8-12-26(27)34-35-36)31(32(39)33-23-10-6-5-7-11-23)22-14-19-28(40-2)29(20-22)41-3/h8-9,12-20,23,31H,4-7,10-11,21H2,1-3H3,(H,33,39)/t31-/m0/s1. The highest BCUT2D eigenvalue weighted by molar-refractivity contribution is 6.01. The van der Waals surface area contributed by atoms with Gasteiger partial charge >= 0.3 is 0 Å². The monoisotopic (exact) mass is 571 g/mol. The molecule has 42 heavy (non-hydrogen) atoms. The Bertz CT molecular complexity index is 1510. The van der Waals surface area contributed by atoms with Gasteiger partial charge in [-0.05, 0) is 73.9 Å². The van der Waals surface area contributed by atoms with Crippen molar-refractivity contribution in [1.82, 2.24) is 20.3 Å². The molecule has 5 rings (SSSR count). The molecule has 0 aliphatic heterocycles. The third kappa shape index (κ3) is 6.32. The van der Waals surface area contributed by atoms with E-state index in [4.69, 9.17) is 14.2 Å². The minimum Gasteiger partial charge on any atom is -0.494 e. The Balaban J connectivity index is 1.59. The maximum absolute atomic E-state index is 14.3. The van der Waals surface area contributed by atoms with Crippen LogP contribution in [0.25, 0.3) is 11.0 Å². The van der Waals surface area contributed by atoms with Gasteiger partial charge in [0.15, 0.2) is 11.5 Å². The Hall–Kier alpha value is -4.60. The average molecular weight is 572 g/mol. The Labute approximate surface area is 245 Å². The van der Waals surface area contributed by atoms with Gasteiger partial charge in [-0.1, -0.05) is 42.7 Å². The number of nitrogens with one attached hydrogen (secondary N) is 1. The van der Waals surface area contributed by atoms with Crippen LogP contribution in [0.4, 0.5) is 5.69 Å². The molecule has 0 saturated heterocycles. The molecular weight excluding hydrogens is 534 g/mol. The van der Waals surface area contributed by atoms with E-state index in [1.54, 1.807) is 61.4 Å². The molecule has 1 aliphatic rings. The van der Waals surface area contributed by atoms with Gasteiger partial charge in [-0.15, -0.1) is 5.10 Å². The van der Waals surface area contributed by atoms with Gasteiger partial charge in [0.2, 0.25) is 11.8 Å². The molecule has 3 aromatic carbocycles. The maximum atomic E-state index is 14.3. The van der Waals surface area contributed by atoms with Gasteiger partial charge in [-0.2, -0.15) is 0 Å². The summed E-state index contributed by atoms with van der Waals surface area (Å²) in [5.74, 6) is 1.07. The lowest BCUT2D eigenvalue weighted by molar-refractivity contribution is -0.127. The number of hydrogen-bond donors (Lipinski definition) is 1. The number of carbonyl (C=O) groups excluding carboxylic acids is 2. The largest absolute Gasteiger partial charge is 0.494 e. The van der Waals surface area contributed by atoms with Crippen molar-refractivity contribution in [1.29, 1.82) is 0 Å². The van der Waals surface area contributed by atoms with Gasteiger partial charge in [0.1, 0.15) is 23.9 Å². The lowest BCUT2D eigenvalue weighted by Crippen LogP contribution is -2.48. The molecule has 0 unspecified atom stereocenters. The summed E-state index contributed by atoms with van der Waals surface area (Å²) in [4.78, 5) is 30.1. The number of benzene rings is 3. The van der Waals surface area contributed by atoms with E-state index in [9.17, 15) is 9.59 Å². The van der Waals surface area contributed by atoms with Gasteiger partial charge in [0.25, 0.3) is 0 Å². The molecule has 1 aromatic heterocycles. The Kier molecular flexibility index (Phi) is 9.21. The molecule has 1 fully saturated rings. The van der Waals surface area contributed by atoms with Gasteiger partial charge in [0, 0.05) is 11.7 Å². The van der Waals surface area contributed by atoms with Crippen molar-refractivity contribution in [3.05, 3.63) is 72.3 Å². The smallest absolute Gasteiger partial charge is 0.249 e. The minimum absolute atomic E-state index is 0.0467. The fraction of sp³-hybridized carbons (Fsp3) is 0.375. The Morgan fingerprint density at radius 2 is 1.71 bits per heavy atom. The Morgan fingerprint density at radius 1 is 0.976 bits per heavy atom. The van der Waals surface area contributed by atoms with Crippen molar-refractivity contribution in [2.75, 3.05) is 25.7 Å². The quantitative estimate of drug-likeness (QED) is 0.268. The third-order valence-corrected chi connectivity index (χ3v) is 7.58. The summed E-state index contributed by atoms with van der Waals surface area (Å²) in [6.07, 6.45) is 5.10. The van der Waals surface area contributed by atoms with Gasteiger partial charge < -0.3 is 19.5 Å². The summed E-state index contributed by atoms with van der Waals surface area (Å²) < 4.78 is 18.2. The van der Waals surface area contributed by atoms with E-state index in [1.807, 2.05) is 31.2 Å². The highest BCUT2D eigenvalue weighted by Crippen LogP contribution is 2.35. The summed E-state index contributed by atoms with van der Waals surface area (Å²) in [5, 5.41) is 11.7. The first-order valence-corrected chi connectivity index (χ1v) is 14.4. The van der Waals surface area contributed by atoms with Crippen molar-refractivity contribution in [3.63, 3.8) is 0 Å². The zero-order valence-electron chi connectivity index (χ0n) is 24.3. The predicted molar refractivity (Wildman–Crippen MR) is 160 cm³/mol. The molecule has 10 heteroatoms. The van der Waals surface area contributed by atoms with Crippen LogP contribution in [0.2, 0.25) is 0 Å². The van der Waals surface area contributed by atoms with Crippen LogP contribution in [-0.2, 0) is 16.1 Å². The topological polar surface area (TPSA) is 108 Å². The second kappa shape index (κ2) is 13.4. The van der Waals surface area contributed by atoms with Crippen LogP contribution >= 0.6 is 0 Å². The first-order chi connectivity index (χ1) is 20.5. The highest BCUT2D eigenvalue weighted by atomic mass is 16.5. The number of methoxy groups -OCH3 is 2. The van der Waals surface area contributed by atoms with Crippen LogP contribution in [0.3, 0.4) is 0 Å². The van der Waals surface area contributed by atoms with Gasteiger partial charge in [-0.3, -0.25) is 14.5 Å². The number of carbonyl (C=O) groups is 2. The van der Waals surface area contributed by atoms with Crippen molar-refractivity contribution in [2.45, 2.75) is 57.7 Å². The molecule has 1 heterocycles. The van der Waals surface area contributed by atoms with Crippen molar-refractivity contribution in [3.8, 4) is 17.2 Å². The lowest BCUT2D eigenvalue weighted by Gasteiger charge is -2.33. The molecule has 1 atom stereocenters. The Morgan fingerprint density at radius 3 is 2.43 bits per heavy atom. The number of aromatic nitrogens is 3. The number of amides is 2. The lowest BCUT2D eigenvalue weighted by atomic mass is 9.94. The predicted octanol–water partition coefficient (Wildman–Crippen LogP) is 5.07. The van der Waals surface area contributed by atoms with Crippen molar-refractivity contribution in [2.24, 2.45) is 0 Å². The molecule has 0 radical (unpaired) electrons. The van der Waals surface area contributed by atoms with E-state index in [2.05, 4.69) is 15.6 Å². The average Bonchev–Trinajstić information content (AvgIpc) is 3.43. The molecular formula is C32H37N5O5. The molecule has 1 saturated carbocycles. The summed E-state index contributed by atoms with van der Waals surface area (Å²) in [7, 11) is 3.10. The second-order valence-electron chi connectivity index (χ2n) is 10.3. The number of nitrogens with zero attached hydrogens (tertiary/aromatic N) is 4. The molecule has 1 N–H and O–H groups in total. The molecule has 1 aliphatic carbocycles. The van der Waals surface area contributed by atoms with Crippen LogP contribution < -0.4 is 24.4 Å². The van der Waals surface area contributed by atoms with Crippen molar-refractivity contribution < 1.29 is 23.8 Å². The highest BCUT2D eigenvalue weighted by Gasteiger charge is 2.35. The van der Waals surface area contributed by atoms with Gasteiger partial charge in [0.05, 0.1) is 26.3 Å². The summed E-state index contributed by atoms with van der Waals surface area (Å²) in [5.41, 5.74) is 2.55. The normalized spacial score (nSPS) is 14.3. The van der Waals surface area contributed by atoms with Crippen molar-refractivity contribution >= 4 is 28.5 Å². The van der Waals surface area contributed by atoms with E-state index >= 15 is 0 Å². The summed E-state index contributed by atoms with van der Waals surface area (Å²) in [6, 6.07) is 19.0. The van der Waals surface area contributed by atoms with Crippen LogP contribution in [0.15, 0.2) is 66.7 Å². The fourth-order valence-electron chi connectivity index (χ4n) is 5.51. The van der Waals surface area contributed by atoms with E-state index in [0.717, 1.165) is 37.6 Å². The molecule has 2 amide bonds. The van der Waals surface area contributed by atoms with E-state index in [-0.39, 0.29) is 24.4 Å². The number of fused-ring (bicyclic) bond motifs is 1. The summed E-state index contributed by atoms with van der Waals surface area (Å²) in [6.45, 7) is 2.31. The van der Waals surface area contributed by atoms with E-state index < -0.39 is 6.04 Å². The van der Waals surface area contributed by atoms with E-state index in [0.29, 0.717) is 40.6 Å². The van der Waals surface area contributed by atoms with Crippen LogP contribution in [0.5, 0.6) is 17.2 Å². The molecule has 4 aromatic rings. The summed E-state index contributed by atoms with van der Waals surface area (Å²) >= 11 is 0.